The molecule has 0 aliphatic rings. The molecular formula is C23H23N3O3. The summed E-state index contributed by atoms with van der Waals surface area (Å²) in [4.78, 5) is 25.4. The van der Waals surface area contributed by atoms with Crippen LogP contribution in [0.25, 0.3) is 10.8 Å². The molecule has 1 aromatic heterocycles. The second-order valence-electron chi connectivity index (χ2n) is 6.88. The van der Waals surface area contributed by atoms with Gasteiger partial charge >= 0.3 is 0 Å². The van der Waals surface area contributed by atoms with Gasteiger partial charge in [-0.2, -0.15) is 5.10 Å². The Kier molecular flexibility index (Phi) is 6.30. The Morgan fingerprint density at radius 1 is 1.17 bits per heavy atom. The Balaban J connectivity index is 1.73. The van der Waals surface area contributed by atoms with Crippen LogP contribution < -0.4 is 15.6 Å². The Bertz CT molecular complexity index is 1110. The molecule has 0 saturated heterocycles. The summed E-state index contributed by atoms with van der Waals surface area (Å²) in [6.07, 6.45) is 5.83. The maximum Gasteiger partial charge on any atom is 0.274 e. The van der Waals surface area contributed by atoms with E-state index in [1.54, 1.807) is 24.3 Å². The number of nitrogens with one attached hydrogen (secondary N) is 1. The molecule has 1 N–H and O–H groups in total. The summed E-state index contributed by atoms with van der Waals surface area (Å²) < 4.78 is 6.70. The van der Waals surface area contributed by atoms with Gasteiger partial charge in [-0.3, -0.25) is 9.59 Å². The predicted molar refractivity (Wildman–Crippen MR) is 113 cm³/mol. The van der Waals surface area contributed by atoms with Crippen molar-refractivity contribution in [2.75, 3.05) is 13.2 Å². The van der Waals surface area contributed by atoms with E-state index >= 15 is 0 Å². The molecule has 0 aliphatic carbocycles. The maximum absolute atomic E-state index is 12.8. The fraction of sp³-hybridized carbons (Fsp3) is 0.261. The molecule has 0 saturated carbocycles. The molecule has 6 nitrogen and oxygen atoms in total. The van der Waals surface area contributed by atoms with E-state index in [1.807, 2.05) is 38.1 Å². The lowest BCUT2D eigenvalue weighted by Gasteiger charge is -2.13. The first-order valence-electron chi connectivity index (χ1n) is 9.46. The number of terminal acetylenes is 1. The average molecular weight is 389 g/mol. The van der Waals surface area contributed by atoms with Crippen LogP contribution in [0.5, 0.6) is 5.75 Å². The number of fused-ring (bicyclic) bond motifs is 1. The van der Waals surface area contributed by atoms with Crippen LogP contribution in [-0.2, 0) is 6.42 Å². The summed E-state index contributed by atoms with van der Waals surface area (Å²) in [6.45, 7) is 4.40. The van der Waals surface area contributed by atoms with Crippen molar-refractivity contribution in [3.05, 3.63) is 70.1 Å². The Hall–Kier alpha value is -3.59. The molecule has 0 bridgehead atoms. The molecule has 1 heterocycles. The van der Waals surface area contributed by atoms with E-state index < -0.39 is 0 Å². The van der Waals surface area contributed by atoms with Crippen LogP contribution in [0, 0.1) is 12.3 Å². The molecule has 3 rings (SSSR count). The largest absolute Gasteiger partial charge is 0.481 e. The van der Waals surface area contributed by atoms with Crippen LogP contribution in [0.1, 0.15) is 35.9 Å². The van der Waals surface area contributed by atoms with Gasteiger partial charge in [-0.15, -0.1) is 6.42 Å². The van der Waals surface area contributed by atoms with Crippen LogP contribution in [0.4, 0.5) is 0 Å². The lowest BCUT2D eigenvalue weighted by Crippen LogP contribution is -2.32. The van der Waals surface area contributed by atoms with Crippen LogP contribution >= 0.6 is 0 Å². The van der Waals surface area contributed by atoms with E-state index in [1.165, 1.54) is 4.68 Å². The highest BCUT2D eigenvalue weighted by Crippen LogP contribution is 2.15. The minimum absolute atomic E-state index is 0.145. The van der Waals surface area contributed by atoms with Gasteiger partial charge in [-0.05, 0) is 44.0 Å². The molecule has 3 aromatic rings. The first-order chi connectivity index (χ1) is 14.0. The highest BCUT2D eigenvalue weighted by Gasteiger charge is 2.17. The van der Waals surface area contributed by atoms with Crippen molar-refractivity contribution < 1.29 is 9.53 Å². The molecule has 2 aromatic carbocycles. The molecule has 0 aliphatic heterocycles. The summed E-state index contributed by atoms with van der Waals surface area (Å²) in [5.41, 5.74) is 1.12. The van der Waals surface area contributed by atoms with Gasteiger partial charge in [0.2, 0.25) is 0 Å². The van der Waals surface area contributed by atoms with E-state index in [0.717, 1.165) is 5.56 Å². The molecule has 1 amide bonds. The zero-order valence-corrected chi connectivity index (χ0v) is 16.5. The Labute approximate surface area is 169 Å². The fourth-order valence-corrected chi connectivity index (χ4v) is 3.01. The van der Waals surface area contributed by atoms with E-state index in [2.05, 4.69) is 16.3 Å². The zero-order chi connectivity index (χ0) is 20.8. The normalized spacial score (nSPS) is 10.7. The molecular weight excluding hydrogens is 366 g/mol. The number of benzene rings is 2. The fourth-order valence-electron chi connectivity index (χ4n) is 3.01. The first kappa shape index (κ1) is 20.2. The van der Waals surface area contributed by atoms with Crippen molar-refractivity contribution in [2.24, 2.45) is 0 Å². The van der Waals surface area contributed by atoms with Gasteiger partial charge in [0, 0.05) is 11.9 Å². The van der Waals surface area contributed by atoms with E-state index in [-0.39, 0.29) is 29.8 Å². The zero-order valence-electron chi connectivity index (χ0n) is 16.5. The summed E-state index contributed by atoms with van der Waals surface area (Å²) in [5.74, 6) is 2.83. The van der Waals surface area contributed by atoms with Crippen molar-refractivity contribution >= 4 is 16.7 Å². The van der Waals surface area contributed by atoms with E-state index in [0.29, 0.717) is 29.5 Å². The number of hydrogen-bond donors (Lipinski definition) is 1. The molecule has 6 heteroatoms. The van der Waals surface area contributed by atoms with Crippen molar-refractivity contribution in [3.8, 4) is 18.1 Å². The number of ether oxygens (including phenoxy) is 1. The minimum atomic E-state index is -0.301. The van der Waals surface area contributed by atoms with Crippen molar-refractivity contribution in [2.45, 2.75) is 26.3 Å². The summed E-state index contributed by atoms with van der Waals surface area (Å²) in [6, 6.07) is 14.5. The number of carbonyl (C=O) groups excluding carboxylic acids is 1. The Morgan fingerprint density at radius 2 is 1.86 bits per heavy atom. The molecule has 148 valence electrons. The number of rotatable bonds is 7. The summed E-state index contributed by atoms with van der Waals surface area (Å²) >= 11 is 0. The molecule has 0 unspecified atom stereocenters. The molecule has 0 spiro atoms. The van der Waals surface area contributed by atoms with E-state index in [9.17, 15) is 9.59 Å². The SMILES string of the molecule is C#CCOc1ccc(CCNC(=O)c2nn(C(C)C)c(=O)c3ccccc23)cc1. The van der Waals surface area contributed by atoms with Gasteiger partial charge in [0.25, 0.3) is 11.5 Å². The summed E-state index contributed by atoms with van der Waals surface area (Å²) in [7, 11) is 0. The third-order valence-corrected chi connectivity index (χ3v) is 4.48. The van der Waals surface area contributed by atoms with Gasteiger partial charge in [0.1, 0.15) is 12.4 Å². The number of nitrogens with zero attached hydrogens (tertiary/aromatic N) is 2. The van der Waals surface area contributed by atoms with Crippen molar-refractivity contribution in [1.29, 1.82) is 0 Å². The number of carbonyl (C=O) groups is 1. The molecule has 0 atom stereocenters. The van der Waals surface area contributed by atoms with Gasteiger partial charge in [-0.25, -0.2) is 4.68 Å². The quantitative estimate of drug-likeness (QED) is 0.631. The lowest BCUT2D eigenvalue weighted by molar-refractivity contribution is 0.0948. The number of hydrogen-bond acceptors (Lipinski definition) is 4. The molecule has 29 heavy (non-hydrogen) atoms. The third-order valence-electron chi connectivity index (χ3n) is 4.48. The monoisotopic (exact) mass is 389 g/mol. The summed E-state index contributed by atoms with van der Waals surface area (Å²) in [5, 5.41) is 8.27. The van der Waals surface area contributed by atoms with E-state index in [4.69, 9.17) is 11.2 Å². The predicted octanol–water partition coefficient (Wildman–Crippen LogP) is 2.96. The number of amides is 1. The Morgan fingerprint density at radius 3 is 2.52 bits per heavy atom. The highest BCUT2D eigenvalue weighted by molar-refractivity contribution is 6.04. The van der Waals surface area contributed by atoms with Gasteiger partial charge < -0.3 is 10.1 Å². The van der Waals surface area contributed by atoms with Gasteiger partial charge in [0.15, 0.2) is 5.69 Å². The standard InChI is InChI=1S/C23H23N3O3/c1-4-15-29-18-11-9-17(10-12-18)13-14-24-22(27)21-19-7-5-6-8-20(19)23(28)26(25-21)16(2)3/h1,5-12,16H,13-15H2,2-3H3,(H,24,27). The lowest BCUT2D eigenvalue weighted by atomic mass is 10.1. The van der Waals surface area contributed by atoms with Crippen LogP contribution in [-0.4, -0.2) is 28.8 Å². The van der Waals surface area contributed by atoms with Gasteiger partial charge in [-0.1, -0.05) is 36.3 Å². The van der Waals surface area contributed by atoms with Crippen LogP contribution in [0.15, 0.2) is 53.3 Å². The number of aromatic nitrogens is 2. The minimum Gasteiger partial charge on any atom is -0.481 e. The smallest absolute Gasteiger partial charge is 0.274 e. The average Bonchev–Trinajstić information content (AvgIpc) is 2.73. The van der Waals surface area contributed by atoms with Gasteiger partial charge in [0.05, 0.1) is 11.4 Å². The topological polar surface area (TPSA) is 73.2 Å². The van der Waals surface area contributed by atoms with Crippen LogP contribution in [0.2, 0.25) is 0 Å². The van der Waals surface area contributed by atoms with Crippen molar-refractivity contribution in [3.63, 3.8) is 0 Å². The third kappa shape index (κ3) is 4.64. The second-order valence-corrected chi connectivity index (χ2v) is 6.88. The first-order valence-corrected chi connectivity index (χ1v) is 9.46. The second kappa shape index (κ2) is 9.07. The van der Waals surface area contributed by atoms with Crippen LogP contribution in [0.3, 0.4) is 0 Å². The molecule has 0 radical (unpaired) electrons. The maximum atomic E-state index is 12.8. The van der Waals surface area contributed by atoms with Crippen molar-refractivity contribution in [1.82, 2.24) is 15.1 Å². The molecule has 0 fully saturated rings. The highest BCUT2D eigenvalue weighted by atomic mass is 16.5.